The van der Waals surface area contributed by atoms with Crippen LogP contribution in [0.25, 0.3) is 0 Å². The first-order valence-corrected chi connectivity index (χ1v) is 11.8. The molecule has 7 nitrogen and oxygen atoms in total. The highest BCUT2D eigenvalue weighted by Crippen LogP contribution is 2.27. The highest BCUT2D eigenvalue weighted by Gasteiger charge is 2.24. The SMILES string of the molecule is CC(c1ccccc1Cl)N1CCN(CC(=O)Nc2ccccc2C(=O)NCc2ccco2)CC1. The second-order valence-electron chi connectivity index (χ2n) is 8.37. The van der Waals surface area contributed by atoms with Crippen molar-refractivity contribution in [2.75, 3.05) is 38.0 Å². The summed E-state index contributed by atoms with van der Waals surface area (Å²) >= 11 is 6.37. The lowest BCUT2D eigenvalue weighted by molar-refractivity contribution is -0.117. The van der Waals surface area contributed by atoms with Crippen LogP contribution in [-0.2, 0) is 11.3 Å². The van der Waals surface area contributed by atoms with Crippen LogP contribution in [0.4, 0.5) is 5.69 Å². The molecule has 8 heteroatoms. The zero-order chi connectivity index (χ0) is 23.9. The summed E-state index contributed by atoms with van der Waals surface area (Å²) in [5.74, 6) is 0.256. The molecule has 1 aliphatic rings. The van der Waals surface area contributed by atoms with Crippen LogP contribution < -0.4 is 10.6 Å². The first-order chi connectivity index (χ1) is 16.5. The summed E-state index contributed by atoms with van der Waals surface area (Å²) in [6.07, 6.45) is 1.56. The minimum Gasteiger partial charge on any atom is -0.467 e. The highest BCUT2D eigenvalue weighted by molar-refractivity contribution is 6.31. The second-order valence-corrected chi connectivity index (χ2v) is 8.77. The number of hydrogen-bond donors (Lipinski definition) is 2. The lowest BCUT2D eigenvalue weighted by atomic mass is 10.1. The van der Waals surface area contributed by atoms with Crippen LogP contribution in [0.2, 0.25) is 5.02 Å². The van der Waals surface area contributed by atoms with Crippen molar-refractivity contribution in [3.8, 4) is 0 Å². The monoisotopic (exact) mass is 480 g/mol. The van der Waals surface area contributed by atoms with Crippen LogP contribution in [0.1, 0.15) is 34.6 Å². The van der Waals surface area contributed by atoms with E-state index in [1.165, 1.54) is 0 Å². The second kappa shape index (κ2) is 11.3. The number of benzene rings is 2. The topological polar surface area (TPSA) is 77.8 Å². The zero-order valence-electron chi connectivity index (χ0n) is 19.2. The lowest BCUT2D eigenvalue weighted by Crippen LogP contribution is -2.49. The van der Waals surface area contributed by atoms with E-state index in [4.69, 9.17) is 16.0 Å². The Morgan fingerprint density at radius 2 is 1.74 bits per heavy atom. The molecule has 1 fully saturated rings. The molecule has 1 aromatic heterocycles. The molecule has 0 radical (unpaired) electrons. The fraction of sp³-hybridized carbons (Fsp3) is 0.308. The molecule has 178 valence electrons. The van der Waals surface area contributed by atoms with E-state index in [2.05, 4.69) is 33.4 Å². The summed E-state index contributed by atoms with van der Waals surface area (Å²) in [5.41, 5.74) is 2.04. The lowest BCUT2D eigenvalue weighted by Gasteiger charge is -2.38. The molecule has 34 heavy (non-hydrogen) atoms. The average molecular weight is 481 g/mol. The molecule has 1 aliphatic heterocycles. The van der Waals surface area contributed by atoms with Gasteiger partial charge in [-0.3, -0.25) is 19.4 Å². The van der Waals surface area contributed by atoms with Gasteiger partial charge in [0.15, 0.2) is 0 Å². The van der Waals surface area contributed by atoms with E-state index < -0.39 is 0 Å². The van der Waals surface area contributed by atoms with Crippen molar-refractivity contribution in [1.29, 1.82) is 0 Å². The van der Waals surface area contributed by atoms with Crippen LogP contribution >= 0.6 is 11.6 Å². The van der Waals surface area contributed by atoms with Crippen molar-refractivity contribution in [3.05, 3.63) is 88.8 Å². The van der Waals surface area contributed by atoms with E-state index in [-0.39, 0.29) is 30.9 Å². The quantitative estimate of drug-likeness (QED) is 0.505. The number of carbonyl (C=O) groups excluding carboxylic acids is 2. The molecule has 2 heterocycles. The van der Waals surface area contributed by atoms with Crippen LogP contribution in [0.3, 0.4) is 0 Å². The van der Waals surface area contributed by atoms with E-state index in [9.17, 15) is 9.59 Å². The van der Waals surface area contributed by atoms with Gasteiger partial charge in [0, 0.05) is 37.2 Å². The number of rotatable bonds is 8. The van der Waals surface area contributed by atoms with Gasteiger partial charge in [0.2, 0.25) is 5.91 Å². The third-order valence-electron chi connectivity index (χ3n) is 6.13. The van der Waals surface area contributed by atoms with Gasteiger partial charge in [-0.25, -0.2) is 0 Å². The number of amides is 2. The van der Waals surface area contributed by atoms with Crippen molar-refractivity contribution in [2.24, 2.45) is 0 Å². The first-order valence-electron chi connectivity index (χ1n) is 11.4. The number of hydrogen-bond acceptors (Lipinski definition) is 5. The third kappa shape index (κ3) is 6.05. The van der Waals surface area contributed by atoms with Gasteiger partial charge in [0.1, 0.15) is 5.76 Å². The molecule has 2 amide bonds. The summed E-state index contributed by atoms with van der Waals surface area (Å²) in [4.78, 5) is 29.9. The minimum atomic E-state index is -0.269. The number of anilines is 1. The van der Waals surface area contributed by atoms with Crippen molar-refractivity contribution in [2.45, 2.75) is 19.5 Å². The Morgan fingerprint density at radius 3 is 2.47 bits per heavy atom. The Balaban J connectivity index is 1.28. The molecule has 0 aliphatic carbocycles. The van der Waals surface area contributed by atoms with E-state index >= 15 is 0 Å². The van der Waals surface area contributed by atoms with Crippen molar-refractivity contribution in [1.82, 2.24) is 15.1 Å². The summed E-state index contributed by atoms with van der Waals surface area (Å²) in [5, 5.41) is 6.50. The third-order valence-corrected chi connectivity index (χ3v) is 6.47. The molecule has 0 saturated carbocycles. The average Bonchev–Trinajstić information content (AvgIpc) is 3.37. The number of furan rings is 1. The maximum Gasteiger partial charge on any atom is 0.253 e. The number of para-hydroxylation sites is 1. The molecule has 3 aromatic rings. The van der Waals surface area contributed by atoms with E-state index in [0.717, 1.165) is 36.8 Å². The fourth-order valence-electron chi connectivity index (χ4n) is 4.18. The van der Waals surface area contributed by atoms with Crippen molar-refractivity contribution in [3.63, 3.8) is 0 Å². The van der Waals surface area contributed by atoms with Gasteiger partial charge in [-0.15, -0.1) is 0 Å². The minimum absolute atomic E-state index is 0.140. The fourth-order valence-corrected chi connectivity index (χ4v) is 4.47. The maximum atomic E-state index is 12.8. The number of halogens is 1. The molecule has 1 unspecified atom stereocenters. The van der Waals surface area contributed by atoms with Gasteiger partial charge in [-0.05, 0) is 42.8 Å². The van der Waals surface area contributed by atoms with Crippen LogP contribution in [-0.4, -0.2) is 54.3 Å². The smallest absolute Gasteiger partial charge is 0.253 e. The Kier molecular flexibility index (Phi) is 8.00. The largest absolute Gasteiger partial charge is 0.467 e. The van der Waals surface area contributed by atoms with E-state index in [1.54, 1.807) is 42.7 Å². The van der Waals surface area contributed by atoms with Gasteiger partial charge in [0.25, 0.3) is 5.91 Å². The van der Waals surface area contributed by atoms with Gasteiger partial charge in [-0.1, -0.05) is 41.9 Å². The van der Waals surface area contributed by atoms with E-state index in [1.807, 2.05) is 18.2 Å². The molecular weight excluding hydrogens is 452 g/mol. The molecule has 2 aromatic carbocycles. The van der Waals surface area contributed by atoms with Crippen LogP contribution in [0.5, 0.6) is 0 Å². The number of piperazine rings is 1. The van der Waals surface area contributed by atoms with Crippen LogP contribution in [0.15, 0.2) is 71.3 Å². The first kappa shape index (κ1) is 24.0. The number of carbonyl (C=O) groups is 2. The normalized spacial score (nSPS) is 15.6. The van der Waals surface area contributed by atoms with Gasteiger partial charge < -0.3 is 15.1 Å². The highest BCUT2D eigenvalue weighted by atomic mass is 35.5. The van der Waals surface area contributed by atoms with Gasteiger partial charge in [0.05, 0.1) is 30.6 Å². The standard InChI is InChI=1S/C26H29ClN4O3/c1-19(21-8-2-4-10-23(21)27)31-14-12-30(13-15-31)18-25(32)29-24-11-5-3-9-22(24)26(33)28-17-20-7-6-16-34-20/h2-11,16,19H,12-15,17-18H2,1H3,(H,28,33)(H,29,32). The van der Waals surface area contributed by atoms with Gasteiger partial charge in [-0.2, -0.15) is 0 Å². The molecule has 1 saturated heterocycles. The summed E-state index contributed by atoms with van der Waals surface area (Å²) < 4.78 is 5.25. The predicted octanol–water partition coefficient (Wildman–Crippen LogP) is 4.18. The molecule has 0 bridgehead atoms. The summed E-state index contributed by atoms with van der Waals surface area (Å²) in [7, 11) is 0. The molecule has 1 atom stereocenters. The summed E-state index contributed by atoms with van der Waals surface area (Å²) in [6, 6.07) is 18.7. The Labute approximate surface area is 204 Å². The molecular formula is C26H29ClN4O3. The van der Waals surface area contributed by atoms with Crippen molar-refractivity contribution < 1.29 is 14.0 Å². The zero-order valence-corrected chi connectivity index (χ0v) is 19.9. The van der Waals surface area contributed by atoms with Crippen LogP contribution in [0, 0.1) is 0 Å². The van der Waals surface area contributed by atoms with E-state index in [0.29, 0.717) is 17.0 Å². The molecule has 4 rings (SSSR count). The van der Waals surface area contributed by atoms with Crippen molar-refractivity contribution >= 4 is 29.1 Å². The summed E-state index contributed by atoms with van der Waals surface area (Å²) in [6.45, 7) is 6.00. The predicted molar refractivity (Wildman–Crippen MR) is 133 cm³/mol. The number of nitrogens with one attached hydrogen (secondary N) is 2. The van der Waals surface area contributed by atoms with Gasteiger partial charge >= 0.3 is 0 Å². The Morgan fingerprint density at radius 1 is 1.00 bits per heavy atom. The maximum absolute atomic E-state index is 12.8. The molecule has 0 spiro atoms. The molecule has 2 N–H and O–H groups in total. The Bertz CT molecular complexity index is 1110. The Hall–Kier alpha value is -3.13. The number of nitrogens with zero attached hydrogens (tertiary/aromatic N) is 2.